The fraction of sp³-hybridized carbons (Fsp3) is 0.294. The van der Waals surface area contributed by atoms with E-state index in [0.29, 0.717) is 22.7 Å². The molecule has 0 aliphatic carbocycles. The molecule has 118 valence electrons. The number of rotatable bonds is 7. The standard InChI is InChI=1S/C17H18BrClO3/c1-20-17(12-18,21-2)15-9-8-14(19)10-16(15)22-11-13-6-4-3-5-7-13/h3-10H,11-12H2,1-2H3. The molecule has 0 amide bonds. The maximum absolute atomic E-state index is 6.10. The normalized spacial score (nSPS) is 11.5. The summed E-state index contributed by atoms with van der Waals surface area (Å²) in [4.78, 5) is 0. The van der Waals surface area contributed by atoms with Gasteiger partial charge in [0.25, 0.3) is 0 Å². The zero-order valence-electron chi connectivity index (χ0n) is 12.5. The van der Waals surface area contributed by atoms with Crippen LogP contribution < -0.4 is 4.74 Å². The van der Waals surface area contributed by atoms with Gasteiger partial charge in [0.15, 0.2) is 0 Å². The molecule has 0 atom stereocenters. The molecule has 22 heavy (non-hydrogen) atoms. The second kappa shape index (κ2) is 7.97. The third kappa shape index (κ3) is 3.82. The molecule has 0 spiro atoms. The van der Waals surface area contributed by atoms with Crippen molar-refractivity contribution in [3.05, 3.63) is 64.7 Å². The summed E-state index contributed by atoms with van der Waals surface area (Å²) in [5.74, 6) is -0.282. The molecule has 0 N–H and O–H groups in total. The van der Waals surface area contributed by atoms with Crippen molar-refractivity contribution in [1.82, 2.24) is 0 Å². The number of hydrogen-bond donors (Lipinski definition) is 0. The Balaban J connectivity index is 2.31. The van der Waals surface area contributed by atoms with Gasteiger partial charge in [-0.15, -0.1) is 0 Å². The molecule has 0 saturated carbocycles. The summed E-state index contributed by atoms with van der Waals surface area (Å²) < 4.78 is 17.1. The van der Waals surface area contributed by atoms with E-state index in [1.165, 1.54) is 0 Å². The summed E-state index contributed by atoms with van der Waals surface area (Å²) in [5, 5.41) is 1.07. The summed E-state index contributed by atoms with van der Waals surface area (Å²) in [6.45, 7) is 0.444. The van der Waals surface area contributed by atoms with E-state index in [9.17, 15) is 0 Å². The Morgan fingerprint density at radius 3 is 2.32 bits per heavy atom. The molecule has 0 radical (unpaired) electrons. The van der Waals surface area contributed by atoms with Crippen LogP contribution in [-0.2, 0) is 21.9 Å². The second-order valence-electron chi connectivity index (χ2n) is 4.71. The number of hydrogen-bond acceptors (Lipinski definition) is 3. The van der Waals surface area contributed by atoms with Gasteiger partial charge in [0.1, 0.15) is 12.4 Å². The number of methoxy groups -OCH3 is 2. The monoisotopic (exact) mass is 384 g/mol. The van der Waals surface area contributed by atoms with E-state index < -0.39 is 5.79 Å². The maximum Gasteiger partial charge on any atom is 0.207 e. The van der Waals surface area contributed by atoms with Crippen molar-refractivity contribution in [3.8, 4) is 5.75 Å². The molecule has 2 aromatic carbocycles. The summed E-state index contributed by atoms with van der Waals surface area (Å²) in [5.41, 5.74) is 1.86. The van der Waals surface area contributed by atoms with E-state index in [1.54, 1.807) is 26.4 Å². The summed E-state index contributed by atoms with van der Waals surface area (Å²) in [6, 6.07) is 15.4. The van der Waals surface area contributed by atoms with Gasteiger partial charge >= 0.3 is 0 Å². The topological polar surface area (TPSA) is 27.7 Å². The molecule has 0 unspecified atom stereocenters. The van der Waals surface area contributed by atoms with Gasteiger partial charge in [-0.05, 0) is 23.8 Å². The molecule has 5 heteroatoms. The van der Waals surface area contributed by atoms with Gasteiger partial charge in [0.05, 0.1) is 10.9 Å². The predicted molar refractivity (Wildman–Crippen MR) is 91.7 cm³/mol. The largest absolute Gasteiger partial charge is 0.488 e. The van der Waals surface area contributed by atoms with Crippen molar-refractivity contribution in [2.24, 2.45) is 0 Å². The zero-order valence-corrected chi connectivity index (χ0v) is 14.9. The van der Waals surface area contributed by atoms with Crippen molar-refractivity contribution in [3.63, 3.8) is 0 Å². The molecule has 0 saturated heterocycles. The Bertz CT molecular complexity index is 592. The first kappa shape index (κ1) is 17.3. The minimum atomic E-state index is -0.920. The quantitative estimate of drug-likeness (QED) is 0.508. The fourth-order valence-electron chi connectivity index (χ4n) is 2.15. The number of halogens is 2. The minimum Gasteiger partial charge on any atom is -0.488 e. The van der Waals surface area contributed by atoms with Crippen LogP contribution in [0.2, 0.25) is 5.02 Å². The predicted octanol–water partition coefficient (Wildman–Crippen LogP) is 4.76. The number of ether oxygens (including phenoxy) is 3. The zero-order chi connectivity index (χ0) is 16.0. The molecule has 0 aliphatic rings. The maximum atomic E-state index is 6.10. The molecular weight excluding hydrogens is 368 g/mol. The van der Waals surface area contributed by atoms with E-state index in [0.717, 1.165) is 11.1 Å². The van der Waals surface area contributed by atoms with Crippen molar-refractivity contribution < 1.29 is 14.2 Å². The highest BCUT2D eigenvalue weighted by molar-refractivity contribution is 9.09. The van der Waals surface area contributed by atoms with Crippen LogP contribution in [0.15, 0.2) is 48.5 Å². The third-order valence-electron chi connectivity index (χ3n) is 3.43. The van der Waals surface area contributed by atoms with Crippen LogP contribution in [0.25, 0.3) is 0 Å². The van der Waals surface area contributed by atoms with Crippen molar-refractivity contribution in [2.45, 2.75) is 12.4 Å². The van der Waals surface area contributed by atoms with Gasteiger partial charge in [-0.25, -0.2) is 0 Å². The van der Waals surface area contributed by atoms with Crippen LogP contribution in [-0.4, -0.2) is 19.5 Å². The highest BCUT2D eigenvalue weighted by atomic mass is 79.9. The van der Waals surface area contributed by atoms with Crippen LogP contribution in [0.5, 0.6) is 5.75 Å². The lowest BCUT2D eigenvalue weighted by molar-refractivity contribution is -0.197. The molecule has 0 bridgehead atoms. The highest BCUT2D eigenvalue weighted by Gasteiger charge is 2.34. The SMILES string of the molecule is COC(CBr)(OC)c1ccc(Cl)cc1OCc1ccccc1. The smallest absolute Gasteiger partial charge is 0.207 e. The van der Waals surface area contributed by atoms with Crippen molar-refractivity contribution >= 4 is 27.5 Å². The van der Waals surface area contributed by atoms with Crippen molar-refractivity contribution in [2.75, 3.05) is 19.5 Å². The van der Waals surface area contributed by atoms with E-state index in [1.807, 2.05) is 36.4 Å². The first-order valence-corrected chi connectivity index (χ1v) is 8.28. The van der Waals surface area contributed by atoms with Gasteiger partial charge in [-0.3, -0.25) is 0 Å². The van der Waals surface area contributed by atoms with Crippen LogP contribution >= 0.6 is 27.5 Å². The lowest BCUT2D eigenvalue weighted by Crippen LogP contribution is -2.33. The summed E-state index contributed by atoms with van der Waals surface area (Å²) in [6.07, 6.45) is 0. The average molecular weight is 386 g/mol. The molecule has 2 aromatic rings. The fourth-order valence-corrected chi connectivity index (χ4v) is 3.07. The summed E-state index contributed by atoms with van der Waals surface area (Å²) in [7, 11) is 3.20. The van der Waals surface area contributed by atoms with Crippen LogP contribution in [0.3, 0.4) is 0 Å². The molecule has 0 heterocycles. The Hall–Kier alpha value is -1.07. The van der Waals surface area contributed by atoms with E-state index in [4.69, 9.17) is 25.8 Å². The molecule has 0 aliphatic heterocycles. The third-order valence-corrected chi connectivity index (χ3v) is 4.40. The van der Waals surface area contributed by atoms with E-state index in [2.05, 4.69) is 15.9 Å². The first-order chi connectivity index (χ1) is 10.6. The Morgan fingerprint density at radius 2 is 1.73 bits per heavy atom. The second-order valence-corrected chi connectivity index (χ2v) is 5.71. The average Bonchev–Trinajstić information content (AvgIpc) is 2.57. The molecule has 0 fully saturated rings. The molecule has 0 aromatic heterocycles. The van der Waals surface area contributed by atoms with Gasteiger partial charge in [-0.1, -0.05) is 57.9 Å². The molecular formula is C17H18BrClO3. The van der Waals surface area contributed by atoms with Gasteiger partial charge in [0.2, 0.25) is 5.79 Å². The minimum absolute atomic E-state index is 0.444. The van der Waals surface area contributed by atoms with Gasteiger partial charge in [-0.2, -0.15) is 0 Å². The lowest BCUT2D eigenvalue weighted by atomic mass is 10.1. The number of benzene rings is 2. The number of alkyl halides is 1. The Kier molecular flexibility index (Phi) is 6.26. The molecule has 2 rings (SSSR count). The van der Waals surface area contributed by atoms with E-state index in [-0.39, 0.29) is 0 Å². The Labute approximate surface area is 144 Å². The Morgan fingerprint density at radius 1 is 1.05 bits per heavy atom. The summed E-state index contributed by atoms with van der Waals surface area (Å²) >= 11 is 9.55. The lowest BCUT2D eigenvalue weighted by Gasteiger charge is -2.31. The van der Waals surface area contributed by atoms with Crippen molar-refractivity contribution in [1.29, 1.82) is 0 Å². The van der Waals surface area contributed by atoms with E-state index >= 15 is 0 Å². The van der Waals surface area contributed by atoms with Crippen LogP contribution in [0.1, 0.15) is 11.1 Å². The highest BCUT2D eigenvalue weighted by Crippen LogP contribution is 2.37. The van der Waals surface area contributed by atoms with Crippen LogP contribution in [0, 0.1) is 0 Å². The van der Waals surface area contributed by atoms with Gasteiger partial charge < -0.3 is 14.2 Å². The molecule has 3 nitrogen and oxygen atoms in total. The first-order valence-electron chi connectivity index (χ1n) is 6.78. The van der Waals surface area contributed by atoms with Gasteiger partial charge in [0, 0.05) is 19.2 Å². The van der Waals surface area contributed by atoms with Crippen LogP contribution in [0.4, 0.5) is 0 Å².